The van der Waals surface area contributed by atoms with Crippen LogP contribution in [-0.2, 0) is 15.7 Å². The number of halogens is 2. The summed E-state index contributed by atoms with van der Waals surface area (Å²) in [6.45, 7) is 1.91. The molecular formula is C13H18Cl2O4S. The fourth-order valence-corrected chi connectivity index (χ4v) is 2.91. The van der Waals surface area contributed by atoms with Crippen LogP contribution in [0, 0.1) is 0 Å². The Kier molecular flexibility index (Phi) is 6.92. The number of ether oxygens (including phenoxy) is 2. The molecule has 0 aliphatic heterocycles. The van der Waals surface area contributed by atoms with Crippen molar-refractivity contribution in [2.45, 2.75) is 19.2 Å². The molecule has 7 heteroatoms. The molecule has 0 bridgehead atoms. The molecule has 0 heterocycles. The summed E-state index contributed by atoms with van der Waals surface area (Å²) in [6, 6.07) is 3.34. The van der Waals surface area contributed by atoms with Crippen LogP contribution in [0.15, 0.2) is 12.1 Å². The van der Waals surface area contributed by atoms with Gasteiger partial charge in [0, 0.05) is 22.4 Å². The number of sulfone groups is 1. The number of rotatable bonds is 8. The zero-order valence-corrected chi connectivity index (χ0v) is 13.8. The van der Waals surface area contributed by atoms with E-state index < -0.39 is 9.84 Å². The molecule has 0 radical (unpaired) electrons. The minimum absolute atomic E-state index is 0.107. The van der Waals surface area contributed by atoms with E-state index in [0.29, 0.717) is 22.9 Å². The molecule has 1 aromatic rings. The van der Waals surface area contributed by atoms with Gasteiger partial charge in [-0.15, -0.1) is 11.6 Å². The van der Waals surface area contributed by atoms with Gasteiger partial charge in [-0.05, 0) is 12.5 Å². The highest BCUT2D eigenvalue weighted by atomic mass is 35.5. The first-order chi connectivity index (χ1) is 9.43. The molecule has 1 rings (SSSR count). The first kappa shape index (κ1) is 17.4. The smallest absolute Gasteiger partial charge is 0.165 e. The highest BCUT2D eigenvalue weighted by Gasteiger charge is 2.13. The largest absolute Gasteiger partial charge is 0.493 e. The van der Waals surface area contributed by atoms with Crippen molar-refractivity contribution in [3.63, 3.8) is 0 Å². The van der Waals surface area contributed by atoms with Crippen molar-refractivity contribution in [1.29, 1.82) is 0 Å². The predicted molar refractivity (Wildman–Crippen MR) is 82.0 cm³/mol. The van der Waals surface area contributed by atoms with Crippen molar-refractivity contribution in [2.75, 3.05) is 25.2 Å². The van der Waals surface area contributed by atoms with Crippen molar-refractivity contribution in [3.8, 4) is 11.5 Å². The van der Waals surface area contributed by atoms with Crippen LogP contribution < -0.4 is 9.47 Å². The van der Waals surface area contributed by atoms with E-state index in [1.807, 2.05) is 0 Å². The summed E-state index contributed by atoms with van der Waals surface area (Å²) in [5, 5.41) is 0.512. The zero-order valence-electron chi connectivity index (χ0n) is 11.5. The maximum Gasteiger partial charge on any atom is 0.165 e. The molecule has 0 N–H and O–H groups in total. The summed E-state index contributed by atoms with van der Waals surface area (Å²) >= 11 is 11.8. The van der Waals surface area contributed by atoms with E-state index in [1.54, 1.807) is 19.1 Å². The lowest BCUT2D eigenvalue weighted by Gasteiger charge is -2.14. The van der Waals surface area contributed by atoms with Crippen LogP contribution in [0.1, 0.15) is 18.9 Å². The van der Waals surface area contributed by atoms with Crippen molar-refractivity contribution in [1.82, 2.24) is 0 Å². The van der Waals surface area contributed by atoms with E-state index >= 15 is 0 Å². The molecule has 4 nitrogen and oxygen atoms in total. The second-order valence-corrected chi connectivity index (χ2v) is 7.34. The monoisotopic (exact) mass is 340 g/mol. The van der Waals surface area contributed by atoms with Crippen LogP contribution >= 0.6 is 23.2 Å². The van der Waals surface area contributed by atoms with Gasteiger partial charge in [-0.2, -0.15) is 0 Å². The standard InChI is InChI=1S/C13H18Cl2O4S/c1-3-20(16,17)6-4-5-19-13-10(9-14)7-11(15)8-12(13)18-2/h7-8H,3-6,9H2,1-2H3. The summed E-state index contributed by atoms with van der Waals surface area (Å²) in [6.07, 6.45) is 0.420. The van der Waals surface area contributed by atoms with Gasteiger partial charge in [0.05, 0.1) is 25.3 Å². The summed E-state index contributed by atoms with van der Waals surface area (Å²) in [4.78, 5) is 0. The Balaban J connectivity index is 2.72. The van der Waals surface area contributed by atoms with Crippen LogP contribution in [0.4, 0.5) is 0 Å². The topological polar surface area (TPSA) is 52.6 Å². The second kappa shape index (κ2) is 7.96. The molecule has 0 unspecified atom stereocenters. The third kappa shape index (κ3) is 5.04. The van der Waals surface area contributed by atoms with Gasteiger partial charge >= 0.3 is 0 Å². The van der Waals surface area contributed by atoms with Gasteiger partial charge in [-0.25, -0.2) is 8.42 Å². The van der Waals surface area contributed by atoms with Crippen molar-refractivity contribution in [2.24, 2.45) is 0 Å². The van der Waals surface area contributed by atoms with E-state index in [4.69, 9.17) is 32.7 Å². The Morgan fingerprint density at radius 2 is 2.00 bits per heavy atom. The third-order valence-corrected chi connectivity index (χ3v) is 5.04. The van der Waals surface area contributed by atoms with E-state index in [2.05, 4.69) is 0 Å². The second-order valence-electron chi connectivity index (χ2n) is 4.17. The van der Waals surface area contributed by atoms with Gasteiger partial charge in [-0.3, -0.25) is 0 Å². The van der Waals surface area contributed by atoms with Crippen molar-refractivity contribution < 1.29 is 17.9 Å². The molecule has 0 amide bonds. The van der Waals surface area contributed by atoms with Gasteiger partial charge in [0.25, 0.3) is 0 Å². The normalized spacial score (nSPS) is 11.4. The van der Waals surface area contributed by atoms with Crippen LogP contribution in [0.25, 0.3) is 0 Å². The quantitative estimate of drug-likeness (QED) is 0.538. The highest BCUT2D eigenvalue weighted by molar-refractivity contribution is 7.91. The van der Waals surface area contributed by atoms with Crippen LogP contribution in [0.2, 0.25) is 5.02 Å². The van der Waals surface area contributed by atoms with Gasteiger partial charge in [0.1, 0.15) is 9.84 Å². The Morgan fingerprint density at radius 1 is 1.30 bits per heavy atom. The molecule has 0 spiro atoms. The van der Waals surface area contributed by atoms with Crippen molar-refractivity contribution in [3.05, 3.63) is 22.7 Å². The summed E-state index contributed by atoms with van der Waals surface area (Å²) in [5.41, 5.74) is 0.717. The number of alkyl halides is 1. The first-order valence-corrected chi connectivity index (χ1v) is 8.92. The number of hydrogen-bond acceptors (Lipinski definition) is 4. The lowest BCUT2D eigenvalue weighted by Crippen LogP contribution is -2.12. The van der Waals surface area contributed by atoms with Gasteiger partial charge < -0.3 is 9.47 Å². The average Bonchev–Trinajstić information content (AvgIpc) is 2.43. The molecule has 0 aliphatic carbocycles. The maximum atomic E-state index is 11.4. The van der Waals surface area contributed by atoms with Gasteiger partial charge in [-0.1, -0.05) is 18.5 Å². The molecule has 114 valence electrons. The molecule has 0 aliphatic rings. The van der Waals surface area contributed by atoms with Crippen LogP contribution in [0.5, 0.6) is 11.5 Å². The van der Waals surface area contributed by atoms with E-state index in [9.17, 15) is 8.42 Å². The van der Waals surface area contributed by atoms with Crippen LogP contribution in [0.3, 0.4) is 0 Å². The van der Waals surface area contributed by atoms with E-state index in [0.717, 1.165) is 5.56 Å². The lowest BCUT2D eigenvalue weighted by atomic mass is 10.2. The minimum Gasteiger partial charge on any atom is -0.493 e. The Bertz CT molecular complexity index is 518. The molecule has 0 saturated carbocycles. The zero-order chi connectivity index (χ0) is 15.2. The van der Waals surface area contributed by atoms with Crippen molar-refractivity contribution >= 4 is 33.0 Å². The number of benzene rings is 1. The SMILES string of the molecule is CCS(=O)(=O)CCCOc1c(CCl)cc(Cl)cc1OC. The minimum atomic E-state index is -2.97. The molecule has 20 heavy (non-hydrogen) atoms. The lowest BCUT2D eigenvalue weighted by molar-refractivity contribution is 0.292. The molecule has 0 atom stereocenters. The molecule has 0 saturated heterocycles. The molecule has 0 aromatic heterocycles. The average molecular weight is 341 g/mol. The van der Waals surface area contributed by atoms with E-state index in [-0.39, 0.29) is 24.0 Å². The Labute approximate surface area is 129 Å². The molecule has 0 fully saturated rings. The molecule has 1 aromatic carbocycles. The summed E-state index contributed by atoms with van der Waals surface area (Å²) < 4.78 is 33.6. The Morgan fingerprint density at radius 3 is 2.55 bits per heavy atom. The fourth-order valence-electron chi connectivity index (χ4n) is 1.63. The first-order valence-electron chi connectivity index (χ1n) is 6.19. The van der Waals surface area contributed by atoms with Crippen LogP contribution in [-0.4, -0.2) is 33.6 Å². The van der Waals surface area contributed by atoms with Gasteiger partial charge in [0.2, 0.25) is 0 Å². The number of hydrogen-bond donors (Lipinski definition) is 0. The summed E-state index contributed by atoms with van der Waals surface area (Å²) in [5.74, 6) is 1.49. The number of methoxy groups -OCH3 is 1. The maximum absolute atomic E-state index is 11.4. The Hall–Kier alpha value is -0.650. The highest BCUT2D eigenvalue weighted by Crippen LogP contribution is 2.35. The molecular weight excluding hydrogens is 323 g/mol. The van der Waals surface area contributed by atoms with Gasteiger partial charge in [0.15, 0.2) is 11.5 Å². The third-order valence-electron chi connectivity index (χ3n) is 2.75. The fraction of sp³-hybridized carbons (Fsp3) is 0.538. The predicted octanol–water partition coefficient (Wildman–Crippen LogP) is 3.29. The van der Waals surface area contributed by atoms with E-state index in [1.165, 1.54) is 7.11 Å². The summed E-state index contributed by atoms with van der Waals surface area (Å²) in [7, 11) is -1.46.